The predicted molar refractivity (Wildman–Crippen MR) is 147 cm³/mol. The molecule has 0 amide bonds. The van der Waals surface area contributed by atoms with E-state index in [1.165, 1.54) is 16.7 Å². The molecule has 36 heavy (non-hydrogen) atoms. The van der Waals surface area contributed by atoms with Crippen molar-refractivity contribution >= 4 is 28.6 Å². The van der Waals surface area contributed by atoms with Gasteiger partial charge in [0.1, 0.15) is 5.75 Å². The molecule has 0 bridgehead atoms. The van der Waals surface area contributed by atoms with E-state index in [2.05, 4.69) is 73.7 Å². The molecule has 1 N–H and O–H groups in total. The predicted octanol–water partition coefficient (Wildman–Crippen LogP) is 6.54. The molecule has 182 valence electrons. The van der Waals surface area contributed by atoms with E-state index in [4.69, 9.17) is 26.5 Å². The number of aryl methyl sites for hydroxylation is 3. The van der Waals surface area contributed by atoms with Crippen molar-refractivity contribution in [3.05, 3.63) is 101 Å². The molecule has 1 aliphatic rings. The Hall–Kier alpha value is -3.97. The zero-order valence-corrected chi connectivity index (χ0v) is 21.8. The van der Waals surface area contributed by atoms with Crippen LogP contribution < -0.4 is 15.0 Å². The van der Waals surface area contributed by atoms with Gasteiger partial charge in [-0.25, -0.2) is 0 Å². The first-order valence-electron chi connectivity index (χ1n) is 11.8. The average molecular weight is 497 g/mol. The van der Waals surface area contributed by atoms with E-state index in [1.54, 1.807) is 7.11 Å². The highest BCUT2D eigenvalue weighted by Crippen LogP contribution is 2.39. The number of aromatic nitrogens is 2. The van der Waals surface area contributed by atoms with Gasteiger partial charge in [-0.2, -0.15) is 4.98 Å². The van der Waals surface area contributed by atoms with Crippen molar-refractivity contribution in [1.82, 2.24) is 15.5 Å². The molecule has 0 saturated carbocycles. The second-order valence-corrected chi connectivity index (χ2v) is 9.43. The third kappa shape index (κ3) is 4.38. The molecular weight excluding hydrogens is 468 g/mol. The van der Waals surface area contributed by atoms with Crippen molar-refractivity contribution in [2.45, 2.75) is 33.7 Å². The molecule has 0 spiro atoms. The highest BCUT2D eigenvalue weighted by atomic mass is 32.1. The average Bonchev–Trinajstić information content (AvgIpc) is 3.36. The Morgan fingerprint density at radius 1 is 0.917 bits per heavy atom. The van der Waals surface area contributed by atoms with Gasteiger partial charge >= 0.3 is 0 Å². The third-order valence-corrected chi connectivity index (χ3v) is 6.95. The molecule has 7 heteroatoms. The number of nitrogens with one attached hydrogen (secondary N) is 1. The van der Waals surface area contributed by atoms with E-state index in [9.17, 15) is 0 Å². The van der Waals surface area contributed by atoms with Crippen LogP contribution in [0.25, 0.3) is 17.0 Å². The van der Waals surface area contributed by atoms with Crippen LogP contribution >= 0.6 is 12.2 Å². The summed E-state index contributed by atoms with van der Waals surface area (Å²) in [4.78, 5) is 6.83. The first kappa shape index (κ1) is 23.8. The highest BCUT2D eigenvalue weighted by molar-refractivity contribution is 7.80. The van der Waals surface area contributed by atoms with Crippen molar-refractivity contribution in [3.63, 3.8) is 0 Å². The van der Waals surface area contributed by atoms with Crippen LogP contribution in [-0.4, -0.2) is 22.4 Å². The topological polar surface area (TPSA) is 63.4 Å². The summed E-state index contributed by atoms with van der Waals surface area (Å²) >= 11 is 5.87. The van der Waals surface area contributed by atoms with Crippen LogP contribution in [0.3, 0.4) is 0 Å². The van der Waals surface area contributed by atoms with Gasteiger partial charge in [0.2, 0.25) is 5.82 Å². The normalized spacial score (nSPS) is 15.8. The van der Waals surface area contributed by atoms with Gasteiger partial charge in [-0.15, -0.1) is 0 Å². The number of benzene rings is 3. The summed E-state index contributed by atoms with van der Waals surface area (Å²) in [6, 6.07) is 22.1. The summed E-state index contributed by atoms with van der Waals surface area (Å²) < 4.78 is 11.1. The Morgan fingerprint density at radius 3 is 2.31 bits per heavy atom. The first-order chi connectivity index (χ1) is 17.4. The van der Waals surface area contributed by atoms with Crippen LogP contribution in [-0.2, 0) is 0 Å². The van der Waals surface area contributed by atoms with Crippen LogP contribution in [0.4, 0.5) is 5.69 Å². The van der Waals surface area contributed by atoms with E-state index in [-0.39, 0.29) is 6.04 Å². The smallest absolute Gasteiger partial charge is 0.258 e. The second-order valence-electron chi connectivity index (χ2n) is 9.05. The number of hydrogen-bond acceptors (Lipinski definition) is 5. The molecule has 0 aliphatic carbocycles. The van der Waals surface area contributed by atoms with Crippen LogP contribution in [0.1, 0.15) is 41.1 Å². The molecule has 1 atom stereocenters. The molecular formula is C29H28N4O2S. The van der Waals surface area contributed by atoms with Crippen molar-refractivity contribution in [3.8, 4) is 17.1 Å². The summed E-state index contributed by atoms with van der Waals surface area (Å²) in [6.45, 7) is 8.34. The Labute approximate surface area is 216 Å². The third-order valence-electron chi connectivity index (χ3n) is 6.65. The van der Waals surface area contributed by atoms with Gasteiger partial charge in [0, 0.05) is 16.9 Å². The molecule has 0 fully saturated rings. The number of nitrogens with zero attached hydrogens (tertiary/aromatic N) is 3. The largest absolute Gasteiger partial charge is 0.497 e. The number of methoxy groups -OCH3 is 1. The minimum atomic E-state index is -0.234. The van der Waals surface area contributed by atoms with E-state index < -0.39 is 0 Å². The fourth-order valence-corrected chi connectivity index (χ4v) is 4.77. The standard InChI is InChI=1S/C29H28N4O2S/c1-17-6-12-23(13-7-17)33-20(4)25(26(30-29(33)36)22-9-8-18(2)19(3)16-22)28-31-27(32-35-28)21-10-14-24(34-5)15-11-21/h6-16,26H,1-5H3,(H,30,36). The lowest BCUT2D eigenvalue weighted by atomic mass is 9.92. The summed E-state index contributed by atoms with van der Waals surface area (Å²) in [5, 5.41) is 8.46. The number of allylic oxidation sites excluding steroid dienone is 1. The lowest BCUT2D eigenvalue weighted by Gasteiger charge is -2.37. The van der Waals surface area contributed by atoms with Gasteiger partial charge in [-0.1, -0.05) is 41.1 Å². The maximum atomic E-state index is 5.87. The molecule has 1 unspecified atom stereocenters. The van der Waals surface area contributed by atoms with E-state index in [0.717, 1.165) is 33.8 Å². The molecule has 3 aromatic carbocycles. The van der Waals surface area contributed by atoms with Crippen molar-refractivity contribution in [2.24, 2.45) is 0 Å². The minimum absolute atomic E-state index is 0.234. The van der Waals surface area contributed by atoms with Gasteiger partial charge in [-0.3, -0.25) is 4.90 Å². The lowest BCUT2D eigenvalue weighted by Crippen LogP contribution is -2.46. The van der Waals surface area contributed by atoms with Crippen molar-refractivity contribution < 1.29 is 9.26 Å². The molecule has 1 aliphatic heterocycles. The molecule has 6 nitrogen and oxygen atoms in total. The van der Waals surface area contributed by atoms with Crippen molar-refractivity contribution in [2.75, 3.05) is 12.0 Å². The second kappa shape index (κ2) is 9.59. The quantitative estimate of drug-likeness (QED) is 0.315. The summed E-state index contributed by atoms with van der Waals surface area (Å²) in [7, 11) is 1.64. The number of ether oxygens (including phenoxy) is 1. The fourth-order valence-electron chi connectivity index (χ4n) is 4.41. The molecule has 4 aromatic rings. The summed E-state index contributed by atoms with van der Waals surface area (Å²) in [5.74, 6) is 1.74. The Balaban J connectivity index is 1.64. The van der Waals surface area contributed by atoms with Gasteiger partial charge in [0.05, 0.1) is 18.7 Å². The molecule has 0 saturated heterocycles. The zero-order chi connectivity index (χ0) is 25.4. The van der Waals surface area contributed by atoms with Crippen LogP contribution in [0, 0.1) is 20.8 Å². The van der Waals surface area contributed by atoms with E-state index in [0.29, 0.717) is 16.8 Å². The minimum Gasteiger partial charge on any atom is -0.497 e. The van der Waals surface area contributed by atoms with Crippen LogP contribution in [0.2, 0.25) is 0 Å². The molecule has 1 aromatic heterocycles. The van der Waals surface area contributed by atoms with E-state index in [1.807, 2.05) is 36.1 Å². The number of thiocarbonyl (C=S) groups is 1. The first-order valence-corrected chi connectivity index (χ1v) is 12.2. The molecule has 2 heterocycles. The number of rotatable bonds is 5. The SMILES string of the molecule is COc1ccc(-c2noc(C3=C(C)N(c4ccc(C)cc4)C(=S)NC3c3ccc(C)c(C)c3)n2)cc1. The van der Waals surface area contributed by atoms with Crippen LogP contribution in [0.15, 0.2) is 77.0 Å². The van der Waals surface area contributed by atoms with E-state index >= 15 is 0 Å². The molecule has 0 radical (unpaired) electrons. The zero-order valence-electron chi connectivity index (χ0n) is 21.0. The Bertz CT molecular complexity index is 1460. The lowest BCUT2D eigenvalue weighted by molar-refractivity contribution is 0.404. The summed E-state index contributed by atoms with van der Waals surface area (Å²) in [6.07, 6.45) is 0. The van der Waals surface area contributed by atoms with Gasteiger partial charge in [0.25, 0.3) is 5.89 Å². The highest BCUT2D eigenvalue weighted by Gasteiger charge is 2.35. The summed E-state index contributed by atoms with van der Waals surface area (Å²) in [5.41, 5.74) is 8.37. The maximum absolute atomic E-state index is 5.87. The fraction of sp³-hybridized carbons (Fsp3) is 0.207. The monoisotopic (exact) mass is 496 g/mol. The van der Waals surface area contributed by atoms with Gasteiger partial charge in [0.15, 0.2) is 5.11 Å². The van der Waals surface area contributed by atoms with Gasteiger partial charge < -0.3 is 14.6 Å². The number of anilines is 1. The van der Waals surface area contributed by atoms with Gasteiger partial charge in [-0.05, 0) is 93.0 Å². The van der Waals surface area contributed by atoms with Crippen molar-refractivity contribution in [1.29, 1.82) is 0 Å². The maximum Gasteiger partial charge on any atom is 0.258 e. The Morgan fingerprint density at radius 2 is 1.64 bits per heavy atom. The van der Waals surface area contributed by atoms with Crippen LogP contribution in [0.5, 0.6) is 5.75 Å². The Kier molecular flexibility index (Phi) is 6.33. The molecule has 5 rings (SSSR count). The number of hydrogen-bond donors (Lipinski definition) is 1.